The van der Waals surface area contributed by atoms with Gasteiger partial charge in [0.2, 0.25) is 5.91 Å². The molecule has 7 heteroatoms. The van der Waals surface area contributed by atoms with Crippen molar-refractivity contribution in [2.24, 2.45) is 5.73 Å². The molecule has 6 nitrogen and oxygen atoms in total. The Morgan fingerprint density at radius 3 is 2.67 bits per heavy atom. The monoisotopic (exact) mass is 271 g/mol. The predicted octanol–water partition coefficient (Wildman–Crippen LogP) is 2.31. The van der Waals surface area contributed by atoms with E-state index >= 15 is 0 Å². The lowest BCUT2D eigenvalue weighted by molar-refractivity contribution is -0.384. The van der Waals surface area contributed by atoms with E-state index < -0.39 is 16.4 Å². The molecule has 0 radical (unpaired) electrons. The van der Waals surface area contributed by atoms with Crippen LogP contribution in [0.15, 0.2) is 18.2 Å². The maximum Gasteiger partial charge on any atom is 0.292 e. The Morgan fingerprint density at radius 2 is 2.17 bits per heavy atom. The molecule has 0 aliphatic carbocycles. The molecule has 0 heterocycles. The first-order valence-electron chi connectivity index (χ1n) is 5.22. The summed E-state index contributed by atoms with van der Waals surface area (Å²) in [6.07, 6.45) is 0.0522. The fourth-order valence-electron chi connectivity index (χ4n) is 1.61. The van der Waals surface area contributed by atoms with E-state index in [-0.39, 0.29) is 17.8 Å². The Balaban J connectivity index is 3.05. The number of nitrogens with two attached hydrogens (primary N) is 1. The molecule has 0 fully saturated rings. The number of halogens is 1. The van der Waals surface area contributed by atoms with E-state index in [1.807, 2.05) is 0 Å². The molecule has 1 aromatic carbocycles. The van der Waals surface area contributed by atoms with Crippen molar-refractivity contribution < 1.29 is 9.72 Å². The number of nitrogens with zero attached hydrogens (tertiary/aromatic N) is 1. The van der Waals surface area contributed by atoms with Crippen LogP contribution in [-0.4, -0.2) is 16.4 Å². The predicted molar refractivity (Wildman–Crippen MR) is 69.6 cm³/mol. The number of nitro benzene ring substituents is 1. The van der Waals surface area contributed by atoms with Crippen LogP contribution in [0.3, 0.4) is 0 Å². The molecule has 3 N–H and O–H groups in total. The number of rotatable bonds is 5. The summed E-state index contributed by atoms with van der Waals surface area (Å²) in [6, 6.07) is 4.19. The quantitative estimate of drug-likeness (QED) is 0.634. The molecule has 0 aliphatic rings. The number of anilines is 1. The number of carbonyl (C=O) groups excluding carboxylic acids is 1. The number of amides is 1. The summed E-state index contributed by atoms with van der Waals surface area (Å²) in [6.45, 7) is 3.45. The van der Waals surface area contributed by atoms with E-state index in [1.165, 1.54) is 18.2 Å². The van der Waals surface area contributed by atoms with Crippen LogP contribution < -0.4 is 11.1 Å². The number of nitrogens with one attached hydrogen (secondary N) is 1. The van der Waals surface area contributed by atoms with Gasteiger partial charge in [-0.05, 0) is 26.0 Å². The highest BCUT2D eigenvalue weighted by Gasteiger charge is 2.24. The molecule has 0 aromatic heterocycles. The van der Waals surface area contributed by atoms with Gasteiger partial charge >= 0.3 is 0 Å². The Bertz CT molecular complexity index is 488. The fraction of sp³-hybridized carbons (Fsp3) is 0.364. The zero-order valence-electron chi connectivity index (χ0n) is 10.1. The maximum absolute atomic E-state index is 10.9. The summed E-state index contributed by atoms with van der Waals surface area (Å²) >= 11 is 5.80. The second-order valence-electron chi connectivity index (χ2n) is 4.57. The number of hydrogen-bond acceptors (Lipinski definition) is 4. The smallest absolute Gasteiger partial charge is 0.292 e. The molecular weight excluding hydrogens is 258 g/mol. The van der Waals surface area contributed by atoms with Crippen LogP contribution in [-0.2, 0) is 4.79 Å². The van der Waals surface area contributed by atoms with Crippen molar-refractivity contribution in [1.29, 1.82) is 0 Å². The molecule has 0 spiro atoms. The van der Waals surface area contributed by atoms with E-state index in [9.17, 15) is 14.9 Å². The second-order valence-corrected chi connectivity index (χ2v) is 5.01. The lowest BCUT2D eigenvalue weighted by Crippen LogP contribution is -2.36. The van der Waals surface area contributed by atoms with Crippen molar-refractivity contribution in [3.63, 3.8) is 0 Å². The van der Waals surface area contributed by atoms with Crippen molar-refractivity contribution in [3.8, 4) is 0 Å². The van der Waals surface area contributed by atoms with Gasteiger partial charge in [0, 0.05) is 23.0 Å². The third kappa shape index (κ3) is 3.89. The minimum Gasteiger partial charge on any atom is -0.374 e. The third-order valence-corrected chi connectivity index (χ3v) is 2.48. The van der Waals surface area contributed by atoms with E-state index in [2.05, 4.69) is 5.32 Å². The van der Waals surface area contributed by atoms with E-state index in [0.717, 1.165) is 0 Å². The normalized spacial score (nSPS) is 11.1. The number of nitro groups is 1. The fourth-order valence-corrected chi connectivity index (χ4v) is 1.78. The first kappa shape index (κ1) is 14.2. The largest absolute Gasteiger partial charge is 0.374 e. The molecule has 0 saturated heterocycles. The molecule has 18 heavy (non-hydrogen) atoms. The summed E-state index contributed by atoms with van der Waals surface area (Å²) in [5, 5.41) is 14.2. The van der Waals surface area contributed by atoms with Crippen LogP contribution in [0.1, 0.15) is 20.3 Å². The average Bonchev–Trinajstić information content (AvgIpc) is 2.13. The molecule has 1 amide bonds. The molecule has 1 rings (SSSR count). The Morgan fingerprint density at radius 1 is 1.56 bits per heavy atom. The van der Waals surface area contributed by atoms with Crippen LogP contribution in [0.4, 0.5) is 11.4 Å². The zero-order valence-corrected chi connectivity index (χ0v) is 10.8. The molecule has 0 aliphatic heterocycles. The van der Waals surface area contributed by atoms with Gasteiger partial charge < -0.3 is 11.1 Å². The molecular formula is C11H14ClN3O3. The van der Waals surface area contributed by atoms with Crippen molar-refractivity contribution in [2.45, 2.75) is 25.8 Å². The van der Waals surface area contributed by atoms with Crippen molar-refractivity contribution in [2.75, 3.05) is 5.32 Å². The van der Waals surface area contributed by atoms with Gasteiger partial charge in [-0.25, -0.2) is 0 Å². The summed E-state index contributed by atoms with van der Waals surface area (Å²) in [5.74, 6) is -0.489. The molecule has 98 valence electrons. The van der Waals surface area contributed by atoms with Crippen molar-refractivity contribution >= 4 is 28.9 Å². The van der Waals surface area contributed by atoms with Crippen LogP contribution >= 0.6 is 11.6 Å². The summed E-state index contributed by atoms with van der Waals surface area (Å²) < 4.78 is 0. The lowest BCUT2D eigenvalue weighted by atomic mass is 9.99. The first-order chi connectivity index (χ1) is 8.21. The first-order valence-corrected chi connectivity index (χ1v) is 5.59. The average molecular weight is 272 g/mol. The highest BCUT2D eigenvalue weighted by Crippen LogP contribution is 2.30. The minimum absolute atomic E-state index is 0.0522. The standard InChI is InChI=1S/C11H14ClN3O3/c1-11(2,6-10(13)16)14-8-5-7(12)3-4-9(8)15(17)18/h3-5,14H,6H2,1-2H3,(H2,13,16). The van der Waals surface area contributed by atoms with Gasteiger partial charge in [-0.15, -0.1) is 0 Å². The number of benzene rings is 1. The van der Waals surface area contributed by atoms with Crippen molar-refractivity contribution in [1.82, 2.24) is 0 Å². The SMILES string of the molecule is CC(C)(CC(N)=O)Nc1cc(Cl)ccc1[N+](=O)[O-]. The Labute approximate surface area is 109 Å². The topological polar surface area (TPSA) is 98.3 Å². The minimum atomic E-state index is -0.693. The lowest BCUT2D eigenvalue weighted by Gasteiger charge is -2.25. The Kier molecular flexibility index (Phi) is 4.13. The summed E-state index contributed by atoms with van der Waals surface area (Å²) in [7, 11) is 0. The van der Waals surface area contributed by atoms with Gasteiger partial charge in [0.25, 0.3) is 5.69 Å². The van der Waals surface area contributed by atoms with E-state index in [1.54, 1.807) is 13.8 Å². The van der Waals surface area contributed by atoms with Gasteiger partial charge in [-0.1, -0.05) is 11.6 Å². The highest BCUT2D eigenvalue weighted by molar-refractivity contribution is 6.31. The zero-order chi connectivity index (χ0) is 13.9. The van der Waals surface area contributed by atoms with Gasteiger partial charge in [0.05, 0.1) is 4.92 Å². The number of primary amides is 1. The molecule has 0 saturated carbocycles. The number of hydrogen-bond donors (Lipinski definition) is 2. The summed E-state index contributed by atoms with van der Waals surface area (Å²) in [5.41, 5.74) is 4.59. The highest BCUT2D eigenvalue weighted by atomic mass is 35.5. The molecule has 1 aromatic rings. The third-order valence-electron chi connectivity index (χ3n) is 2.24. The van der Waals surface area contributed by atoms with Gasteiger partial charge in [0.1, 0.15) is 5.69 Å². The van der Waals surface area contributed by atoms with Crippen LogP contribution in [0, 0.1) is 10.1 Å². The summed E-state index contributed by atoms with van der Waals surface area (Å²) in [4.78, 5) is 21.3. The number of carbonyl (C=O) groups is 1. The van der Waals surface area contributed by atoms with Gasteiger partial charge in [-0.2, -0.15) is 0 Å². The van der Waals surface area contributed by atoms with Gasteiger partial charge in [0.15, 0.2) is 0 Å². The molecule has 0 unspecified atom stereocenters. The van der Waals surface area contributed by atoms with Crippen LogP contribution in [0.5, 0.6) is 0 Å². The van der Waals surface area contributed by atoms with Crippen LogP contribution in [0.2, 0.25) is 5.02 Å². The van der Waals surface area contributed by atoms with Crippen LogP contribution in [0.25, 0.3) is 0 Å². The van der Waals surface area contributed by atoms with E-state index in [4.69, 9.17) is 17.3 Å². The van der Waals surface area contributed by atoms with E-state index in [0.29, 0.717) is 5.02 Å². The molecule has 0 atom stereocenters. The van der Waals surface area contributed by atoms with Gasteiger partial charge in [-0.3, -0.25) is 14.9 Å². The Hall–Kier alpha value is -1.82. The molecule has 0 bridgehead atoms. The second kappa shape index (κ2) is 5.22. The van der Waals surface area contributed by atoms with Crippen molar-refractivity contribution in [3.05, 3.63) is 33.3 Å². The maximum atomic E-state index is 10.9.